The highest BCUT2D eigenvalue weighted by Gasteiger charge is 2.26. The molecule has 16 heavy (non-hydrogen) atoms. The standard InChI is InChI=1S/C12H22O4/c1-12(2,11(13)14)6-4-7-15-9-10-5-3-8-16-10/h10H,3-9H2,1-2H3,(H,13,14). The zero-order valence-corrected chi connectivity index (χ0v) is 10.2. The second-order valence-corrected chi connectivity index (χ2v) is 5.00. The first kappa shape index (κ1) is 13.5. The summed E-state index contributed by atoms with van der Waals surface area (Å²) in [6.07, 6.45) is 3.90. The summed E-state index contributed by atoms with van der Waals surface area (Å²) in [6, 6.07) is 0. The third kappa shape index (κ3) is 4.49. The average Bonchev–Trinajstić information content (AvgIpc) is 2.69. The fraction of sp³-hybridized carbons (Fsp3) is 0.917. The van der Waals surface area contributed by atoms with Crippen LogP contribution in [0.2, 0.25) is 0 Å². The van der Waals surface area contributed by atoms with Gasteiger partial charge in [0.15, 0.2) is 0 Å². The molecule has 4 heteroatoms. The molecule has 0 bridgehead atoms. The van der Waals surface area contributed by atoms with E-state index in [0.29, 0.717) is 19.6 Å². The summed E-state index contributed by atoms with van der Waals surface area (Å²) in [5.74, 6) is -0.744. The molecule has 0 aromatic rings. The van der Waals surface area contributed by atoms with E-state index in [4.69, 9.17) is 14.6 Å². The van der Waals surface area contributed by atoms with Gasteiger partial charge in [0.1, 0.15) is 0 Å². The molecule has 0 aromatic heterocycles. The summed E-state index contributed by atoms with van der Waals surface area (Å²) >= 11 is 0. The van der Waals surface area contributed by atoms with Crippen LogP contribution < -0.4 is 0 Å². The number of ether oxygens (including phenoxy) is 2. The molecule has 0 saturated carbocycles. The monoisotopic (exact) mass is 230 g/mol. The van der Waals surface area contributed by atoms with Crippen molar-refractivity contribution in [3.63, 3.8) is 0 Å². The lowest BCUT2D eigenvalue weighted by Gasteiger charge is -2.18. The highest BCUT2D eigenvalue weighted by atomic mass is 16.5. The molecule has 94 valence electrons. The maximum atomic E-state index is 10.8. The summed E-state index contributed by atoms with van der Waals surface area (Å²) in [5, 5.41) is 8.91. The van der Waals surface area contributed by atoms with Gasteiger partial charge in [-0.15, -0.1) is 0 Å². The molecule has 1 unspecified atom stereocenters. The van der Waals surface area contributed by atoms with Gasteiger partial charge >= 0.3 is 5.97 Å². The number of rotatable bonds is 7. The van der Waals surface area contributed by atoms with Crippen LogP contribution in [0.25, 0.3) is 0 Å². The highest BCUT2D eigenvalue weighted by molar-refractivity contribution is 5.73. The first-order valence-electron chi connectivity index (χ1n) is 5.95. The molecule has 1 aliphatic rings. The minimum Gasteiger partial charge on any atom is -0.481 e. The zero-order valence-electron chi connectivity index (χ0n) is 10.2. The topological polar surface area (TPSA) is 55.8 Å². The SMILES string of the molecule is CC(C)(CCCOCC1CCCO1)C(=O)O. The Bertz CT molecular complexity index is 219. The van der Waals surface area contributed by atoms with E-state index < -0.39 is 11.4 Å². The van der Waals surface area contributed by atoms with Crippen LogP contribution in [0.1, 0.15) is 39.5 Å². The molecule has 0 aromatic carbocycles. The van der Waals surface area contributed by atoms with Crippen molar-refractivity contribution in [3.05, 3.63) is 0 Å². The number of aliphatic carboxylic acids is 1. The Balaban J connectivity index is 2.01. The quantitative estimate of drug-likeness (QED) is 0.680. The first-order chi connectivity index (χ1) is 7.52. The van der Waals surface area contributed by atoms with E-state index in [2.05, 4.69) is 0 Å². The van der Waals surface area contributed by atoms with E-state index >= 15 is 0 Å². The van der Waals surface area contributed by atoms with Crippen molar-refractivity contribution in [2.45, 2.75) is 45.6 Å². The molecule has 1 N–H and O–H groups in total. The van der Waals surface area contributed by atoms with Crippen molar-refractivity contribution in [2.24, 2.45) is 5.41 Å². The average molecular weight is 230 g/mol. The van der Waals surface area contributed by atoms with Gasteiger partial charge < -0.3 is 14.6 Å². The van der Waals surface area contributed by atoms with Gasteiger partial charge in [-0.1, -0.05) is 0 Å². The number of carboxylic acid groups (broad SMARTS) is 1. The Morgan fingerprint density at radius 2 is 2.31 bits per heavy atom. The van der Waals surface area contributed by atoms with Crippen LogP contribution >= 0.6 is 0 Å². The van der Waals surface area contributed by atoms with Crippen LogP contribution in [-0.2, 0) is 14.3 Å². The highest BCUT2D eigenvalue weighted by Crippen LogP contribution is 2.22. The molecular formula is C12H22O4. The van der Waals surface area contributed by atoms with Crippen molar-refractivity contribution in [3.8, 4) is 0 Å². The Morgan fingerprint density at radius 3 is 2.88 bits per heavy atom. The van der Waals surface area contributed by atoms with Crippen LogP contribution in [0.15, 0.2) is 0 Å². The largest absolute Gasteiger partial charge is 0.481 e. The van der Waals surface area contributed by atoms with Crippen LogP contribution in [0.4, 0.5) is 0 Å². The molecular weight excluding hydrogens is 208 g/mol. The smallest absolute Gasteiger partial charge is 0.309 e. The Labute approximate surface area is 96.9 Å². The molecule has 0 spiro atoms. The van der Waals surface area contributed by atoms with E-state index in [0.717, 1.165) is 25.9 Å². The third-order valence-corrected chi connectivity index (χ3v) is 3.00. The van der Waals surface area contributed by atoms with Gasteiger partial charge in [0.25, 0.3) is 0 Å². The number of hydrogen-bond acceptors (Lipinski definition) is 3. The van der Waals surface area contributed by atoms with E-state index in [1.165, 1.54) is 0 Å². The van der Waals surface area contributed by atoms with Crippen LogP contribution in [0, 0.1) is 5.41 Å². The van der Waals surface area contributed by atoms with E-state index in [1.807, 2.05) is 0 Å². The molecule has 1 atom stereocenters. The van der Waals surface area contributed by atoms with Gasteiger partial charge in [-0.25, -0.2) is 0 Å². The minimum atomic E-state index is -0.744. The lowest BCUT2D eigenvalue weighted by Crippen LogP contribution is -2.24. The Kier molecular flexibility index (Phi) is 5.22. The predicted molar refractivity (Wildman–Crippen MR) is 60.4 cm³/mol. The number of carboxylic acids is 1. The second kappa shape index (κ2) is 6.21. The lowest BCUT2D eigenvalue weighted by atomic mass is 9.88. The molecule has 1 rings (SSSR count). The van der Waals surface area contributed by atoms with Crippen molar-refractivity contribution in [1.29, 1.82) is 0 Å². The van der Waals surface area contributed by atoms with Gasteiger partial charge in [0.2, 0.25) is 0 Å². The Hall–Kier alpha value is -0.610. The van der Waals surface area contributed by atoms with Gasteiger partial charge in [-0.05, 0) is 39.5 Å². The van der Waals surface area contributed by atoms with Gasteiger partial charge in [0.05, 0.1) is 18.1 Å². The van der Waals surface area contributed by atoms with Crippen LogP contribution in [0.5, 0.6) is 0 Å². The van der Waals surface area contributed by atoms with Gasteiger partial charge in [-0.3, -0.25) is 4.79 Å². The van der Waals surface area contributed by atoms with Crippen LogP contribution in [0.3, 0.4) is 0 Å². The number of carbonyl (C=O) groups is 1. The predicted octanol–water partition coefficient (Wildman–Crippen LogP) is 2.07. The van der Waals surface area contributed by atoms with Crippen molar-refractivity contribution < 1.29 is 19.4 Å². The molecule has 4 nitrogen and oxygen atoms in total. The molecule has 1 heterocycles. The summed E-state index contributed by atoms with van der Waals surface area (Å²) in [6.45, 7) is 5.61. The maximum Gasteiger partial charge on any atom is 0.309 e. The fourth-order valence-electron chi connectivity index (χ4n) is 1.71. The third-order valence-electron chi connectivity index (χ3n) is 3.00. The van der Waals surface area contributed by atoms with Gasteiger partial charge in [-0.2, -0.15) is 0 Å². The second-order valence-electron chi connectivity index (χ2n) is 5.00. The minimum absolute atomic E-state index is 0.257. The molecule has 1 fully saturated rings. The van der Waals surface area contributed by atoms with E-state index in [1.54, 1.807) is 13.8 Å². The van der Waals surface area contributed by atoms with Crippen LogP contribution in [-0.4, -0.2) is 37.0 Å². The lowest BCUT2D eigenvalue weighted by molar-refractivity contribution is -0.147. The normalized spacial score (nSPS) is 21.2. The molecule has 0 radical (unpaired) electrons. The maximum absolute atomic E-state index is 10.8. The fourth-order valence-corrected chi connectivity index (χ4v) is 1.71. The first-order valence-corrected chi connectivity index (χ1v) is 5.95. The van der Waals surface area contributed by atoms with Gasteiger partial charge in [0, 0.05) is 13.2 Å². The van der Waals surface area contributed by atoms with E-state index in [9.17, 15) is 4.79 Å². The summed E-state index contributed by atoms with van der Waals surface area (Å²) in [7, 11) is 0. The van der Waals surface area contributed by atoms with E-state index in [-0.39, 0.29) is 6.10 Å². The molecule has 0 aliphatic carbocycles. The van der Waals surface area contributed by atoms with Crippen molar-refractivity contribution in [2.75, 3.05) is 19.8 Å². The molecule has 1 aliphatic heterocycles. The molecule has 0 amide bonds. The number of hydrogen-bond donors (Lipinski definition) is 1. The summed E-state index contributed by atoms with van der Waals surface area (Å²) < 4.78 is 10.9. The zero-order chi connectivity index (χ0) is 12.0. The molecule has 1 saturated heterocycles. The van der Waals surface area contributed by atoms with Crippen molar-refractivity contribution in [1.82, 2.24) is 0 Å². The summed E-state index contributed by atoms with van der Waals surface area (Å²) in [5.41, 5.74) is -0.646. The Morgan fingerprint density at radius 1 is 1.56 bits per heavy atom. The van der Waals surface area contributed by atoms with Crippen molar-refractivity contribution >= 4 is 5.97 Å². The summed E-state index contributed by atoms with van der Waals surface area (Å²) in [4.78, 5) is 10.8.